The molecule has 1 aromatic carbocycles. The molecule has 0 heterocycles. The number of hydrogen-bond acceptors (Lipinski definition) is 0. The van der Waals surface area contributed by atoms with Crippen LogP contribution < -0.4 is 0 Å². The van der Waals surface area contributed by atoms with E-state index < -0.39 is 0 Å². The van der Waals surface area contributed by atoms with E-state index in [4.69, 9.17) is 11.6 Å². The van der Waals surface area contributed by atoms with Crippen LogP contribution in [0.5, 0.6) is 0 Å². The van der Waals surface area contributed by atoms with Crippen LogP contribution in [0.2, 0.25) is 5.02 Å². The molecule has 0 amide bonds. The van der Waals surface area contributed by atoms with Gasteiger partial charge in [-0.25, -0.2) is 0 Å². The summed E-state index contributed by atoms with van der Waals surface area (Å²) in [7, 11) is 0. The maximum absolute atomic E-state index is 6.04. The Morgan fingerprint density at radius 1 is 1.42 bits per heavy atom. The fourth-order valence-corrected chi connectivity index (χ4v) is 1.53. The fraction of sp³-hybridized carbons (Fsp3) is 0.273. The SMILES string of the molecule is CC=C(CC)c1ccccc1Cl. The maximum Gasteiger partial charge on any atom is 0.0481 e. The van der Waals surface area contributed by atoms with Crippen LogP contribution in [0.1, 0.15) is 25.8 Å². The molecule has 1 heteroatoms. The minimum absolute atomic E-state index is 0.840. The van der Waals surface area contributed by atoms with Gasteiger partial charge >= 0.3 is 0 Å². The first kappa shape index (κ1) is 9.34. The van der Waals surface area contributed by atoms with Gasteiger partial charge in [0.15, 0.2) is 0 Å². The monoisotopic (exact) mass is 180 g/mol. The lowest BCUT2D eigenvalue weighted by atomic mass is 10.0. The Balaban J connectivity index is 3.10. The van der Waals surface area contributed by atoms with Crippen LogP contribution in [-0.2, 0) is 0 Å². The number of halogens is 1. The summed E-state index contributed by atoms with van der Waals surface area (Å²) in [4.78, 5) is 0. The first-order chi connectivity index (χ1) is 5.79. The third-order valence-corrected chi connectivity index (χ3v) is 2.28. The van der Waals surface area contributed by atoms with Gasteiger partial charge in [-0.05, 0) is 30.5 Å². The van der Waals surface area contributed by atoms with Gasteiger partial charge in [0.25, 0.3) is 0 Å². The summed E-state index contributed by atoms with van der Waals surface area (Å²) in [5, 5.41) is 0.840. The Morgan fingerprint density at radius 3 is 2.58 bits per heavy atom. The molecule has 0 saturated carbocycles. The van der Waals surface area contributed by atoms with Crippen LogP contribution in [0.15, 0.2) is 30.3 Å². The van der Waals surface area contributed by atoms with E-state index in [0.29, 0.717) is 0 Å². The van der Waals surface area contributed by atoms with Crippen molar-refractivity contribution in [3.05, 3.63) is 40.9 Å². The maximum atomic E-state index is 6.04. The minimum atomic E-state index is 0.840. The highest BCUT2D eigenvalue weighted by Crippen LogP contribution is 2.25. The molecule has 0 fully saturated rings. The van der Waals surface area contributed by atoms with E-state index in [0.717, 1.165) is 17.0 Å². The van der Waals surface area contributed by atoms with Crippen LogP contribution >= 0.6 is 11.6 Å². The summed E-state index contributed by atoms with van der Waals surface area (Å²) < 4.78 is 0. The van der Waals surface area contributed by atoms with Gasteiger partial charge in [0.1, 0.15) is 0 Å². The number of benzene rings is 1. The first-order valence-electron chi connectivity index (χ1n) is 4.19. The van der Waals surface area contributed by atoms with Crippen molar-refractivity contribution in [2.24, 2.45) is 0 Å². The summed E-state index contributed by atoms with van der Waals surface area (Å²) in [5.41, 5.74) is 2.46. The summed E-state index contributed by atoms with van der Waals surface area (Å²) in [6, 6.07) is 7.95. The highest BCUT2D eigenvalue weighted by molar-refractivity contribution is 6.32. The molecule has 0 radical (unpaired) electrons. The molecule has 0 nitrogen and oxygen atoms in total. The third kappa shape index (κ3) is 1.89. The van der Waals surface area contributed by atoms with Crippen LogP contribution in [0.4, 0.5) is 0 Å². The summed E-state index contributed by atoms with van der Waals surface area (Å²) in [6.45, 7) is 4.18. The quantitative estimate of drug-likeness (QED) is 0.642. The number of rotatable bonds is 2. The van der Waals surface area contributed by atoms with E-state index in [1.54, 1.807) is 0 Å². The van der Waals surface area contributed by atoms with Crippen molar-refractivity contribution in [1.82, 2.24) is 0 Å². The zero-order chi connectivity index (χ0) is 8.97. The van der Waals surface area contributed by atoms with Gasteiger partial charge < -0.3 is 0 Å². The second-order valence-corrected chi connectivity index (χ2v) is 3.05. The second kappa shape index (κ2) is 4.32. The average Bonchev–Trinajstić information content (AvgIpc) is 2.10. The van der Waals surface area contributed by atoms with Gasteiger partial charge in [-0.2, -0.15) is 0 Å². The fourth-order valence-electron chi connectivity index (χ4n) is 1.27. The van der Waals surface area contributed by atoms with Crippen LogP contribution in [-0.4, -0.2) is 0 Å². The molecular formula is C11H13Cl. The van der Waals surface area contributed by atoms with Crippen molar-refractivity contribution in [2.45, 2.75) is 20.3 Å². The van der Waals surface area contributed by atoms with Gasteiger partial charge in [0.2, 0.25) is 0 Å². The normalized spacial score (nSPS) is 11.8. The van der Waals surface area contributed by atoms with E-state index in [-0.39, 0.29) is 0 Å². The molecule has 0 aliphatic heterocycles. The van der Waals surface area contributed by atoms with Crippen LogP contribution in [0, 0.1) is 0 Å². The molecule has 0 aliphatic rings. The highest BCUT2D eigenvalue weighted by atomic mass is 35.5. The lowest BCUT2D eigenvalue weighted by molar-refractivity contribution is 1.23. The lowest BCUT2D eigenvalue weighted by Gasteiger charge is -2.05. The largest absolute Gasteiger partial charge is 0.0838 e. The molecular weight excluding hydrogens is 168 g/mol. The predicted molar refractivity (Wildman–Crippen MR) is 55.4 cm³/mol. The average molecular weight is 181 g/mol. The highest BCUT2D eigenvalue weighted by Gasteiger charge is 2.01. The van der Waals surface area contributed by atoms with Gasteiger partial charge in [-0.1, -0.05) is 42.8 Å². The van der Waals surface area contributed by atoms with E-state index in [9.17, 15) is 0 Å². The zero-order valence-corrected chi connectivity index (χ0v) is 8.23. The zero-order valence-electron chi connectivity index (χ0n) is 7.47. The van der Waals surface area contributed by atoms with Gasteiger partial charge in [0.05, 0.1) is 0 Å². The van der Waals surface area contributed by atoms with E-state index in [2.05, 4.69) is 19.1 Å². The van der Waals surface area contributed by atoms with Gasteiger partial charge in [-0.15, -0.1) is 0 Å². The van der Waals surface area contributed by atoms with E-state index in [1.165, 1.54) is 5.57 Å². The number of allylic oxidation sites excluding steroid dienone is 2. The molecule has 0 N–H and O–H groups in total. The third-order valence-electron chi connectivity index (χ3n) is 1.95. The minimum Gasteiger partial charge on any atom is -0.0838 e. The van der Waals surface area contributed by atoms with Crippen molar-refractivity contribution in [3.8, 4) is 0 Å². The van der Waals surface area contributed by atoms with Gasteiger partial charge in [0, 0.05) is 5.02 Å². The molecule has 0 saturated heterocycles. The molecule has 1 aromatic rings. The van der Waals surface area contributed by atoms with E-state index in [1.807, 2.05) is 25.1 Å². The molecule has 0 aliphatic carbocycles. The Hall–Kier alpha value is -0.750. The van der Waals surface area contributed by atoms with Crippen LogP contribution in [0.3, 0.4) is 0 Å². The van der Waals surface area contributed by atoms with E-state index >= 15 is 0 Å². The van der Waals surface area contributed by atoms with Crippen molar-refractivity contribution in [1.29, 1.82) is 0 Å². The predicted octanol–water partition coefficient (Wildman–Crippen LogP) is 4.15. The van der Waals surface area contributed by atoms with Gasteiger partial charge in [-0.3, -0.25) is 0 Å². The standard InChI is InChI=1S/C11H13Cl/c1-3-9(4-2)10-7-5-6-8-11(10)12/h3,5-8H,4H2,1-2H3. The molecule has 0 spiro atoms. The van der Waals surface area contributed by atoms with Crippen LogP contribution in [0.25, 0.3) is 5.57 Å². The first-order valence-corrected chi connectivity index (χ1v) is 4.57. The Kier molecular flexibility index (Phi) is 3.36. The summed E-state index contributed by atoms with van der Waals surface area (Å²) in [5.74, 6) is 0. The Labute approximate surface area is 78.9 Å². The summed E-state index contributed by atoms with van der Waals surface area (Å²) in [6.07, 6.45) is 3.14. The summed E-state index contributed by atoms with van der Waals surface area (Å²) >= 11 is 6.04. The van der Waals surface area contributed by atoms with Crippen molar-refractivity contribution < 1.29 is 0 Å². The Morgan fingerprint density at radius 2 is 2.08 bits per heavy atom. The molecule has 64 valence electrons. The smallest absolute Gasteiger partial charge is 0.0481 e. The molecule has 12 heavy (non-hydrogen) atoms. The molecule has 1 rings (SSSR count). The van der Waals surface area contributed by atoms with Crippen molar-refractivity contribution in [2.75, 3.05) is 0 Å². The second-order valence-electron chi connectivity index (χ2n) is 2.65. The number of hydrogen-bond donors (Lipinski definition) is 0. The van der Waals surface area contributed by atoms with Crippen molar-refractivity contribution in [3.63, 3.8) is 0 Å². The van der Waals surface area contributed by atoms with Crippen molar-refractivity contribution >= 4 is 17.2 Å². The Bertz CT molecular complexity index is 287. The topological polar surface area (TPSA) is 0 Å². The molecule has 0 bridgehead atoms. The molecule has 0 aromatic heterocycles. The molecule has 0 unspecified atom stereocenters. The lowest BCUT2D eigenvalue weighted by Crippen LogP contribution is -1.82. The molecule has 0 atom stereocenters.